The molecule has 142 valence electrons. The van der Waals surface area contributed by atoms with E-state index < -0.39 is 5.91 Å². The molecule has 1 aromatic carbocycles. The number of hydrogen-bond acceptors (Lipinski definition) is 4. The molecule has 6 heteroatoms. The quantitative estimate of drug-likeness (QED) is 0.536. The van der Waals surface area contributed by atoms with Crippen molar-refractivity contribution >= 4 is 12.0 Å². The summed E-state index contributed by atoms with van der Waals surface area (Å²) in [7, 11) is 0. The summed E-state index contributed by atoms with van der Waals surface area (Å²) in [6.07, 6.45) is 1.61. The molecule has 0 saturated heterocycles. The number of nitrogens with zero attached hydrogens (tertiary/aromatic N) is 3. The normalized spacial score (nSPS) is 12.5. The van der Waals surface area contributed by atoms with Gasteiger partial charge in [0, 0.05) is 17.5 Å². The van der Waals surface area contributed by atoms with Crippen molar-refractivity contribution in [3.8, 4) is 11.9 Å². The topological polar surface area (TPSA) is 83.9 Å². The van der Waals surface area contributed by atoms with Crippen LogP contribution >= 0.6 is 0 Å². The van der Waals surface area contributed by atoms with Crippen LogP contribution in [-0.4, -0.2) is 15.6 Å². The van der Waals surface area contributed by atoms with Crippen molar-refractivity contribution in [2.45, 2.75) is 33.7 Å². The summed E-state index contributed by atoms with van der Waals surface area (Å²) in [5, 5.41) is 16.4. The molecule has 1 amide bonds. The number of aromatic nitrogens is 2. The van der Waals surface area contributed by atoms with Gasteiger partial charge in [0.05, 0.1) is 6.04 Å². The molecule has 0 spiro atoms. The molecule has 0 saturated carbocycles. The maximum Gasteiger partial charge on any atom is 0.262 e. The standard InChI is InChI=1S/C22H22N4O2/c1-14-10-19(17(4)26(14)21-11-15(2)28-25-21)12-20(13-23)22(27)24-16(3)18-8-6-5-7-9-18/h5-12,16H,1-4H3,(H,24,27)/b20-12+/t16-/m1/s1. The number of amides is 1. The van der Waals surface area contributed by atoms with Gasteiger partial charge in [0.2, 0.25) is 0 Å². The van der Waals surface area contributed by atoms with Crippen LogP contribution in [0.25, 0.3) is 11.9 Å². The average Bonchev–Trinajstić information content (AvgIpc) is 3.22. The predicted molar refractivity (Wildman–Crippen MR) is 107 cm³/mol. The van der Waals surface area contributed by atoms with Gasteiger partial charge >= 0.3 is 0 Å². The lowest BCUT2D eigenvalue weighted by molar-refractivity contribution is -0.117. The molecular weight excluding hydrogens is 352 g/mol. The van der Waals surface area contributed by atoms with Gasteiger partial charge in [-0.15, -0.1) is 0 Å². The number of carbonyl (C=O) groups excluding carboxylic acids is 1. The van der Waals surface area contributed by atoms with Crippen LogP contribution in [0.1, 0.15) is 41.2 Å². The van der Waals surface area contributed by atoms with E-state index in [1.54, 1.807) is 6.08 Å². The van der Waals surface area contributed by atoms with E-state index in [2.05, 4.69) is 10.5 Å². The first kappa shape index (κ1) is 19.2. The Hall–Kier alpha value is -3.59. The fourth-order valence-electron chi connectivity index (χ4n) is 3.15. The van der Waals surface area contributed by atoms with Crippen LogP contribution in [0.3, 0.4) is 0 Å². The largest absolute Gasteiger partial charge is 0.360 e. The first-order valence-electron chi connectivity index (χ1n) is 9.01. The van der Waals surface area contributed by atoms with Crippen molar-refractivity contribution < 1.29 is 9.32 Å². The van der Waals surface area contributed by atoms with E-state index in [9.17, 15) is 10.1 Å². The predicted octanol–water partition coefficient (Wildman–Crippen LogP) is 4.17. The molecule has 0 aliphatic rings. The fourth-order valence-corrected chi connectivity index (χ4v) is 3.15. The van der Waals surface area contributed by atoms with E-state index in [1.807, 2.05) is 80.8 Å². The van der Waals surface area contributed by atoms with Gasteiger partial charge in [-0.2, -0.15) is 5.26 Å². The van der Waals surface area contributed by atoms with Crippen LogP contribution in [-0.2, 0) is 4.79 Å². The molecular formula is C22H22N4O2. The first-order valence-corrected chi connectivity index (χ1v) is 9.01. The molecule has 6 nitrogen and oxygen atoms in total. The molecule has 1 N–H and O–H groups in total. The zero-order chi connectivity index (χ0) is 20.3. The molecule has 3 aromatic rings. The highest BCUT2D eigenvalue weighted by Crippen LogP contribution is 2.23. The number of rotatable bonds is 5. The summed E-state index contributed by atoms with van der Waals surface area (Å²) in [6, 6.07) is 15.2. The van der Waals surface area contributed by atoms with Crippen LogP contribution < -0.4 is 5.32 Å². The third kappa shape index (κ3) is 3.89. The minimum Gasteiger partial charge on any atom is -0.360 e. The first-order chi connectivity index (χ1) is 13.4. The van der Waals surface area contributed by atoms with Gasteiger partial charge in [0.15, 0.2) is 5.82 Å². The van der Waals surface area contributed by atoms with Crippen LogP contribution in [0.5, 0.6) is 0 Å². The molecule has 0 unspecified atom stereocenters. The van der Waals surface area contributed by atoms with Gasteiger partial charge < -0.3 is 9.84 Å². The molecule has 2 aromatic heterocycles. The Morgan fingerprint density at radius 1 is 1.25 bits per heavy atom. The van der Waals surface area contributed by atoms with Gasteiger partial charge in [0.1, 0.15) is 17.4 Å². The van der Waals surface area contributed by atoms with Crippen molar-refractivity contribution in [1.29, 1.82) is 5.26 Å². The summed E-state index contributed by atoms with van der Waals surface area (Å²) >= 11 is 0. The third-order valence-electron chi connectivity index (χ3n) is 4.63. The minimum absolute atomic E-state index is 0.0550. The van der Waals surface area contributed by atoms with E-state index in [1.165, 1.54) is 0 Å². The highest BCUT2D eigenvalue weighted by atomic mass is 16.5. The Morgan fingerprint density at radius 3 is 2.57 bits per heavy atom. The Bertz CT molecular complexity index is 1070. The van der Waals surface area contributed by atoms with E-state index in [0.717, 1.165) is 22.5 Å². The van der Waals surface area contributed by atoms with Gasteiger partial charge in [-0.05, 0) is 51.0 Å². The van der Waals surface area contributed by atoms with E-state index >= 15 is 0 Å². The smallest absolute Gasteiger partial charge is 0.262 e. The second kappa shape index (κ2) is 7.97. The molecule has 0 aliphatic heterocycles. The molecule has 1 atom stereocenters. The lowest BCUT2D eigenvalue weighted by Gasteiger charge is -2.13. The summed E-state index contributed by atoms with van der Waals surface area (Å²) in [5.74, 6) is 0.986. The second-order valence-corrected chi connectivity index (χ2v) is 6.73. The number of benzene rings is 1. The zero-order valence-corrected chi connectivity index (χ0v) is 16.4. The molecule has 3 rings (SSSR count). The summed E-state index contributed by atoms with van der Waals surface area (Å²) < 4.78 is 7.09. The lowest BCUT2D eigenvalue weighted by Crippen LogP contribution is -2.27. The molecule has 0 aliphatic carbocycles. The SMILES string of the molecule is Cc1cc(-n2c(C)cc(/C=C(\C#N)C(=O)N[C@H](C)c3ccccc3)c2C)no1. The maximum absolute atomic E-state index is 12.6. The number of hydrogen-bond donors (Lipinski definition) is 1. The van der Waals surface area contributed by atoms with E-state index in [0.29, 0.717) is 11.6 Å². The molecule has 2 heterocycles. The number of nitriles is 1. The molecule has 0 bridgehead atoms. The minimum atomic E-state index is -0.402. The monoisotopic (exact) mass is 374 g/mol. The van der Waals surface area contributed by atoms with Gasteiger partial charge in [0.25, 0.3) is 5.91 Å². The third-order valence-corrected chi connectivity index (χ3v) is 4.63. The van der Waals surface area contributed by atoms with Crippen LogP contribution in [0, 0.1) is 32.1 Å². The van der Waals surface area contributed by atoms with Crippen molar-refractivity contribution in [3.63, 3.8) is 0 Å². The Kier molecular flexibility index (Phi) is 5.46. The van der Waals surface area contributed by atoms with Crippen molar-refractivity contribution in [2.75, 3.05) is 0 Å². The van der Waals surface area contributed by atoms with Gasteiger partial charge in [-0.1, -0.05) is 35.5 Å². The Morgan fingerprint density at radius 2 is 1.96 bits per heavy atom. The molecule has 0 radical (unpaired) electrons. The summed E-state index contributed by atoms with van der Waals surface area (Å²) in [5.41, 5.74) is 3.64. The van der Waals surface area contributed by atoms with Gasteiger partial charge in [-0.3, -0.25) is 9.36 Å². The average molecular weight is 374 g/mol. The molecule has 28 heavy (non-hydrogen) atoms. The highest BCUT2D eigenvalue weighted by molar-refractivity contribution is 6.02. The summed E-state index contributed by atoms with van der Waals surface area (Å²) in [6.45, 7) is 7.58. The Labute approximate surface area is 164 Å². The van der Waals surface area contributed by atoms with Crippen LogP contribution in [0.4, 0.5) is 0 Å². The number of carbonyl (C=O) groups is 1. The second-order valence-electron chi connectivity index (χ2n) is 6.73. The van der Waals surface area contributed by atoms with Crippen molar-refractivity contribution in [2.24, 2.45) is 0 Å². The van der Waals surface area contributed by atoms with Crippen LogP contribution in [0.2, 0.25) is 0 Å². The zero-order valence-electron chi connectivity index (χ0n) is 16.4. The van der Waals surface area contributed by atoms with E-state index in [-0.39, 0.29) is 11.6 Å². The highest BCUT2D eigenvalue weighted by Gasteiger charge is 2.17. The fraction of sp³-hybridized carbons (Fsp3) is 0.227. The lowest BCUT2D eigenvalue weighted by atomic mass is 10.1. The Balaban J connectivity index is 1.87. The van der Waals surface area contributed by atoms with E-state index in [4.69, 9.17) is 4.52 Å². The maximum atomic E-state index is 12.6. The number of aryl methyl sites for hydroxylation is 2. The van der Waals surface area contributed by atoms with Crippen LogP contribution in [0.15, 0.2) is 52.6 Å². The van der Waals surface area contributed by atoms with Crippen molar-refractivity contribution in [3.05, 3.63) is 76.3 Å². The summed E-state index contributed by atoms with van der Waals surface area (Å²) in [4.78, 5) is 12.6. The van der Waals surface area contributed by atoms with Gasteiger partial charge in [-0.25, -0.2) is 0 Å². The number of nitrogens with one attached hydrogen (secondary N) is 1. The van der Waals surface area contributed by atoms with Crippen molar-refractivity contribution in [1.82, 2.24) is 15.0 Å². The molecule has 0 fully saturated rings.